The van der Waals surface area contributed by atoms with Crippen LogP contribution in [0.4, 0.5) is 11.6 Å². The Labute approximate surface area is 270 Å². The molecule has 1 unspecified atom stereocenters. The number of nitrogens with zero attached hydrogens (tertiary/aromatic N) is 6. The van der Waals surface area contributed by atoms with Gasteiger partial charge in [0, 0.05) is 28.1 Å². The summed E-state index contributed by atoms with van der Waals surface area (Å²) in [6, 6.07) is 2.03. The summed E-state index contributed by atoms with van der Waals surface area (Å²) in [6.45, 7) is 34.6. The lowest BCUT2D eigenvalue weighted by molar-refractivity contribution is 0.511. The molecule has 45 heavy (non-hydrogen) atoms. The van der Waals surface area contributed by atoms with Crippen molar-refractivity contribution in [3.8, 4) is 0 Å². The molecule has 1 aromatic rings. The smallest absolute Gasteiger partial charge is 0.160 e. The molecule has 4 heterocycles. The van der Waals surface area contributed by atoms with Crippen LogP contribution in [-0.2, 0) is 5.41 Å². The van der Waals surface area contributed by atoms with Crippen molar-refractivity contribution in [2.45, 2.75) is 109 Å². The fourth-order valence-corrected chi connectivity index (χ4v) is 5.41. The van der Waals surface area contributed by atoms with E-state index in [2.05, 4.69) is 121 Å². The van der Waals surface area contributed by atoms with Crippen molar-refractivity contribution in [2.75, 3.05) is 5.84 Å². The Hall–Kier alpha value is -3.81. The van der Waals surface area contributed by atoms with E-state index in [9.17, 15) is 0 Å². The van der Waals surface area contributed by atoms with Gasteiger partial charge >= 0.3 is 0 Å². The van der Waals surface area contributed by atoms with Gasteiger partial charge in [-0.05, 0) is 63.9 Å². The molecule has 0 aliphatic carbocycles. The number of nitrogen functional groups attached to an aromatic ring is 1. The standard InChI is InChI=1S/C37H54N8/c1-16-21(2)27-17-24(35(7,8)9)31(40-27)44-30-20-26(37(13,14)15)33(45(30)38)43-29-19-25(36(10,11)12)32(42-29)41-28-18-23(22(3)39-28)34(4,5)6/h17-21H,3,16,38H2,1-2,4-15H3,(H,39,41,42,43). The molecule has 0 spiro atoms. The van der Waals surface area contributed by atoms with Crippen molar-refractivity contribution in [2.24, 2.45) is 47.1 Å². The average Bonchev–Trinajstić information content (AvgIpc) is 3.64. The summed E-state index contributed by atoms with van der Waals surface area (Å²) in [6.07, 6.45) is 7.29. The van der Waals surface area contributed by atoms with Crippen molar-refractivity contribution in [1.29, 1.82) is 0 Å². The van der Waals surface area contributed by atoms with Crippen LogP contribution in [0.25, 0.3) is 0 Å². The van der Waals surface area contributed by atoms with Gasteiger partial charge in [0.25, 0.3) is 0 Å². The first-order valence-corrected chi connectivity index (χ1v) is 16.1. The molecule has 3 aliphatic rings. The maximum atomic E-state index is 6.80. The number of amidine groups is 4. The Morgan fingerprint density at radius 2 is 1.40 bits per heavy atom. The number of nitrogens with one attached hydrogen (secondary N) is 1. The number of rotatable bonds is 4. The van der Waals surface area contributed by atoms with Gasteiger partial charge in [-0.25, -0.2) is 29.6 Å². The maximum absolute atomic E-state index is 6.80. The van der Waals surface area contributed by atoms with E-state index in [0.29, 0.717) is 35.1 Å². The molecule has 242 valence electrons. The fraction of sp³-hybridized carbons (Fsp3) is 0.541. The largest absolute Gasteiger partial charge is 0.340 e. The van der Waals surface area contributed by atoms with E-state index >= 15 is 0 Å². The maximum Gasteiger partial charge on any atom is 0.160 e. The molecule has 1 atom stereocenters. The molecule has 3 N–H and O–H groups in total. The van der Waals surface area contributed by atoms with Crippen LogP contribution in [-0.4, -0.2) is 33.7 Å². The highest BCUT2D eigenvalue weighted by atomic mass is 15.4. The first-order valence-electron chi connectivity index (χ1n) is 16.1. The van der Waals surface area contributed by atoms with Crippen LogP contribution in [0.1, 0.15) is 109 Å². The van der Waals surface area contributed by atoms with Gasteiger partial charge in [0.15, 0.2) is 29.1 Å². The van der Waals surface area contributed by atoms with Crippen LogP contribution < -0.4 is 11.2 Å². The minimum Gasteiger partial charge on any atom is -0.340 e. The predicted octanol–water partition coefficient (Wildman–Crippen LogP) is 8.91. The second kappa shape index (κ2) is 11.5. The Morgan fingerprint density at radius 1 is 0.800 bits per heavy atom. The number of allylic oxidation sites excluding steroid dienone is 2. The van der Waals surface area contributed by atoms with E-state index in [1.807, 2.05) is 12.1 Å². The van der Waals surface area contributed by atoms with Gasteiger partial charge < -0.3 is 11.2 Å². The van der Waals surface area contributed by atoms with Gasteiger partial charge in [0.2, 0.25) is 0 Å². The number of hydrogen-bond acceptors (Lipinski definition) is 4. The third-order valence-corrected chi connectivity index (χ3v) is 8.39. The number of nitrogens with two attached hydrogens (primary N) is 1. The van der Waals surface area contributed by atoms with Gasteiger partial charge in [-0.1, -0.05) is 104 Å². The third-order valence-electron chi connectivity index (χ3n) is 8.39. The molecular formula is C37H54N8. The molecule has 0 amide bonds. The van der Waals surface area contributed by atoms with Gasteiger partial charge in [0.05, 0.1) is 0 Å². The van der Waals surface area contributed by atoms with E-state index < -0.39 is 0 Å². The van der Waals surface area contributed by atoms with Gasteiger partial charge in [-0.2, -0.15) is 0 Å². The normalized spacial score (nSPS) is 21.3. The highest BCUT2D eigenvalue weighted by Crippen LogP contribution is 2.40. The van der Waals surface area contributed by atoms with E-state index in [0.717, 1.165) is 45.9 Å². The zero-order valence-electron chi connectivity index (χ0n) is 30.1. The van der Waals surface area contributed by atoms with E-state index in [-0.39, 0.29) is 21.7 Å². The molecule has 8 nitrogen and oxygen atoms in total. The van der Waals surface area contributed by atoms with Crippen molar-refractivity contribution in [1.82, 2.24) is 9.99 Å². The lowest BCUT2D eigenvalue weighted by Crippen LogP contribution is -2.20. The molecule has 1 aromatic heterocycles. The fourth-order valence-electron chi connectivity index (χ4n) is 5.41. The summed E-state index contributed by atoms with van der Waals surface area (Å²) < 4.78 is 1.57. The zero-order chi connectivity index (χ0) is 33.9. The Balaban J connectivity index is 1.84. The van der Waals surface area contributed by atoms with E-state index in [4.69, 9.17) is 30.8 Å². The molecule has 3 aliphatic heterocycles. The zero-order valence-corrected chi connectivity index (χ0v) is 30.1. The molecular weight excluding hydrogens is 556 g/mol. The van der Waals surface area contributed by atoms with Crippen molar-refractivity contribution >= 4 is 40.7 Å². The highest BCUT2D eigenvalue weighted by molar-refractivity contribution is 6.22. The minimum atomic E-state index is -0.243. The summed E-state index contributed by atoms with van der Waals surface area (Å²) in [5.74, 6) is 11.0. The summed E-state index contributed by atoms with van der Waals surface area (Å²) in [7, 11) is 0. The monoisotopic (exact) mass is 610 g/mol. The van der Waals surface area contributed by atoms with Crippen LogP contribution in [0.15, 0.2) is 78.3 Å². The van der Waals surface area contributed by atoms with Gasteiger partial charge in [-0.3, -0.25) is 0 Å². The summed E-state index contributed by atoms with van der Waals surface area (Å²) in [5, 5.41) is 3.34. The summed E-state index contributed by atoms with van der Waals surface area (Å²) in [4.78, 5) is 24.9. The third kappa shape index (κ3) is 7.21. The van der Waals surface area contributed by atoms with Crippen LogP contribution in [0.5, 0.6) is 0 Å². The molecule has 0 saturated heterocycles. The van der Waals surface area contributed by atoms with Gasteiger partial charge in [0.1, 0.15) is 5.84 Å². The lowest BCUT2D eigenvalue weighted by Gasteiger charge is -2.20. The molecule has 0 aromatic carbocycles. The number of aromatic nitrogens is 1. The number of hydrogen-bond donors (Lipinski definition) is 2. The first kappa shape index (κ1) is 34.1. The summed E-state index contributed by atoms with van der Waals surface area (Å²) >= 11 is 0. The van der Waals surface area contributed by atoms with Crippen molar-refractivity contribution < 1.29 is 0 Å². The van der Waals surface area contributed by atoms with E-state index in [1.54, 1.807) is 4.68 Å². The van der Waals surface area contributed by atoms with Crippen LogP contribution >= 0.6 is 0 Å². The predicted molar refractivity (Wildman–Crippen MR) is 194 cm³/mol. The first-order chi connectivity index (χ1) is 20.5. The van der Waals surface area contributed by atoms with Gasteiger partial charge in [-0.15, -0.1) is 0 Å². The quantitative estimate of drug-likeness (QED) is 0.332. The molecule has 0 radical (unpaired) electrons. The van der Waals surface area contributed by atoms with Crippen molar-refractivity contribution in [3.05, 3.63) is 58.9 Å². The van der Waals surface area contributed by atoms with E-state index in [1.165, 1.54) is 0 Å². The molecule has 0 bridgehead atoms. The second-order valence-electron chi connectivity index (χ2n) is 16.6. The average molecular weight is 611 g/mol. The molecule has 0 saturated carbocycles. The van der Waals surface area contributed by atoms with Crippen molar-refractivity contribution in [3.63, 3.8) is 0 Å². The lowest BCUT2D eigenvalue weighted by atomic mass is 9.85. The Kier molecular flexibility index (Phi) is 8.72. The highest BCUT2D eigenvalue weighted by Gasteiger charge is 2.32. The minimum absolute atomic E-state index is 0.0475. The molecule has 4 rings (SSSR count). The second-order valence-corrected chi connectivity index (χ2v) is 16.6. The topological polar surface area (TPSA) is 105 Å². The molecule has 8 heteroatoms. The van der Waals surface area contributed by atoms with Crippen LogP contribution in [0, 0.1) is 22.2 Å². The number of aliphatic imine (C=N–C) groups is 5. The summed E-state index contributed by atoms with van der Waals surface area (Å²) in [5.41, 5.74) is 5.54. The van der Waals surface area contributed by atoms with Crippen LogP contribution in [0.2, 0.25) is 0 Å². The van der Waals surface area contributed by atoms with Crippen LogP contribution in [0.3, 0.4) is 0 Å². The molecule has 0 fully saturated rings. The Bertz CT molecular complexity index is 1650. The Morgan fingerprint density at radius 3 is 1.91 bits per heavy atom. The SMILES string of the molecule is C=C1NC(=NC2=NC(=Nc3c(C(C)(C)C)cc(N=C4N=C(C(C)CC)C=C4C(C)(C)C)n3N)C=C2C(C)(C)C)C=C1C(C)(C)C.